The van der Waals surface area contributed by atoms with Gasteiger partial charge in [-0.3, -0.25) is 9.48 Å². The molecular formula is C22H21N5O2S. The number of amides is 1. The van der Waals surface area contributed by atoms with Gasteiger partial charge in [0.25, 0.3) is 11.8 Å². The Morgan fingerprint density at radius 3 is 2.83 bits per heavy atom. The zero-order chi connectivity index (χ0) is 20.5. The minimum absolute atomic E-state index is 0.0186. The third-order valence-electron chi connectivity index (χ3n) is 5.40. The fraction of sp³-hybridized carbons (Fsp3) is 0.273. The van der Waals surface area contributed by atoms with Crippen LogP contribution >= 0.6 is 11.3 Å². The fourth-order valence-corrected chi connectivity index (χ4v) is 4.49. The smallest absolute Gasteiger partial charge is 0.272 e. The number of rotatable bonds is 4. The van der Waals surface area contributed by atoms with E-state index in [4.69, 9.17) is 4.42 Å². The Kier molecular flexibility index (Phi) is 4.92. The summed E-state index contributed by atoms with van der Waals surface area (Å²) in [6, 6.07) is 15.7. The van der Waals surface area contributed by atoms with E-state index >= 15 is 0 Å². The van der Waals surface area contributed by atoms with Gasteiger partial charge in [-0.15, -0.1) is 21.5 Å². The number of nitrogens with zero attached hydrogens (tertiary/aromatic N) is 5. The number of carbonyl (C=O) groups is 1. The van der Waals surface area contributed by atoms with E-state index in [9.17, 15) is 4.79 Å². The average molecular weight is 420 g/mol. The van der Waals surface area contributed by atoms with Crippen molar-refractivity contribution in [3.8, 4) is 22.0 Å². The molecule has 1 atom stereocenters. The monoisotopic (exact) mass is 419 g/mol. The molecule has 4 heterocycles. The molecule has 1 unspecified atom stereocenters. The molecule has 0 bridgehead atoms. The zero-order valence-electron chi connectivity index (χ0n) is 16.6. The predicted octanol–water partition coefficient (Wildman–Crippen LogP) is 4.22. The van der Waals surface area contributed by atoms with Gasteiger partial charge in [-0.25, -0.2) is 0 Å². The van der Waals surface area contributed by atoms with Crippen LogP contribution in [0.4, 0.5) is 0 Å². The van der Waals surface area contributed by atoms with Gasteiger partial charge in [-0.1, -0.05) is 36.4 Å². The van der Waals surface area contributed by atoms with Crippen molar-refractivity contribution in [3.05, 3.63) is 65.5 Å². The van der Waals surface area contributed by atoms with Crippen molar-refractivity contribution in [3.63, 3.8) is 0 Å². The van der Waals surface area contributed by atoms with E-state index in [0.717, 1.165) is 29.0 Å². The molecule has 4 aromatic rings. The predicted molar refractivity (Wildman–Crippen MR) is 114 cm³/mol. The molecule has 0 saturated carbocycles. The normalized spacial score (nSPS) is 16.7. The van der Waals surface area contributed by atoms with Crippen molar-refractivity contribution < 1.29 is 9.21 Å². The van der Waals surface area contributed by atoms with Crippen molar-refractivity contribution in [2.24, 2.45) is 7.05 Å². The highest BCUT2D eigenvalue weighted by atomic mass is 32.1. The third kappa shape index (κ3) is 3.54. The number of likely N-dealkylation sites (tertiary alicyclic amines) is 1. The van der Waals surface area contributed by atoms with Crippen LogP contribution in [0.25, 0.3) is 22.0 Å². The van der Waals surface area contributed by atoms with E-state index in [1.165, 1.54) is 0 Å². The number of aryl methyl sites for hydroxylation is 1. The second kappa shape index (κ2) is 7.87. The first kappa shape index (κ1) is 18.7. The molecule has 0 spiro atoms. The summed E-state index contributed by atoms with van der Waals surface area (Å²) in [6.07, 6.45) is 1.83. The van der Waals surface area contributed by atoms with Crippen molar-refractivity contribution in [1.29, 1.82) is 0 Å². The topological polar surface area (TPSA) is 77.1 Å². The number of hydrogen-bond donors (Lipinski definition) is 0. The first-order valence-electron chi connectivity index (χ1n) is 9.95. The van der Waals surface area contributed by atoms with Crippen LogP contribution in [0, 0.1) is 0 Å². The molecule has 1 fully saturated rings. The Bertz CT molecular complexity index is 1150. The Morgan fingerprint density at radius 1 is 1.17 bits per heavy atom. The molecule has 0 aliphatic carbocycles. The van der Waals surface area contributed by atoms with Crippen LogP contribution in [0.15, 0.2) is 58.3 Å². The van der Waals surface area contributed by atoms with Gasteiger partial charge >= 0.3 is 0 Å². The van der Waals surface area contributed by atoms with Gasteiger partial charge in [0.1, 0.15) is 5.69 Å². The standard InChI is InChI=1S/C22H21N5O2S/c1-26-18(13-17(25-26)15-7-3-2-4-8-15)22(28)27-11-5-9-16(14-27)20-23-24-21(29-20)19-10-6-12-30-19/h2-4,6-8,10,12-13,16H,5,9,11,14H2,1H3. The Hall–Kier alpha value is -3.26. The third-order valence-corrected chi connectivity index (χ3v) is 6.26. The van der Waals surface area contributed by atoms with E-state index < -0.39 is 0 Å². The number of thiophene rings is 1. The molecule has 1 aliphatic heterocycles. The minimum Gasteiger partial charge on any atom is -0.420 e. The fourth-order valence-electron chi connectivity index (χ4n) is 3.84. The summed E-state index contributed by atoms with van der Waals surface area (Å²) in [4.78, 5) is 16.1. The van der Waals surface area contributed by atoms with E-state index in [1.807, 2.05) is 65.9 Å². The SMILES string of the molecule is Cn1nc(-c2ccccc2)cc1C(=O)N1CCCC(c2nnc(-c3cccs3)o2)C1. The summed E-state index contributed by atoms with van der Waals surface area (Å²) in [5.74, 6) is 1.18. The van der Waals surface area contributed by atoms with E-state index in [0.29, 0.717) is 30.6 Å². The summed E-state index contributed by atoms with van der Waals surface area (Å²) < 4.78 is 7.58. The highest BCUT2D eigenvalue weighted by Gasteiger charge is 2.30. The van der Waals surface area contributed by atoms with E-state index in [1.54, 1.807) is 16.0 Å². The highest BCUT2D eigenvalue weighted by Crippen LogP contribution is 2.30. The summed E-state index contributed by atoms with van der Waals surface area (Å²) in [5, 5.41) is 15.0. The Morgan fingerprint density at radius 2 is 2.03 bits per heavy atom. The lowest BCUT2D eigenvalue weighted by Crippen LogP contribution is -2.40. The molecule has 0 radical (unpaired) electrons. The lowest BCUT2D eigenvalue weighted by Gasteiger charge is -2.31. The summed E-state index contributed by atoms with van der Waals surface area (Å²) in [5.41, 5.74) is 2.38. The molecule has 8 heteroatoms. The van der Waals surface area contributed by atoms with Crippen LogP contribution in [0.2, 0.25) is 0 Å². The largest absolute Gasteiger partial charge is 0.420 e. The van der Waals surface area contributed by atoms with Gasteiger partial charge in [0.15, 0.2) is 0 Å². The van der Waals surface area contributed by atoms with Crippen molar-refractivity contribution in [2.45, 2.75) is 18.8 Å². The maximum Gasteiger partial charge on any atom is 0.272 e. The molecule has 1 amide bonds. The highest BCUT2D eigenvalue weighted by molar-refractivity contribution is 7.13. The number of aromatic nitrogens is 4. The first-order chi connectivity index (χ1) is 14.7. The molecular weight excluding hydrogens is 398 g/mol. The van der Waals surface area contributed by atoms with Gasteiger partial charge in [-0.2, -0.15) is 5.10 Å². The van der Waals surface area contributed by atoms with E-state index in [2.05, 4.69) is 15.3 Å². The van der Waals surface area contributed by atoms with Gasteiger partial charge in [0.2, 0.25) is 5.89 Å². The van der Waals surface area contributed by atoms with Crippen LogP contribution in [0.3, 0.4) is 0 Å². The summed E-state index contributed by atoms with van der Waals surface area (Å²) in [6.45, 7) is 1.28. The molecule has 30 heavy (non-hydrogen) atoms. The lowest BCUT2D eigenvalue weighted by atomic mass is 9.97. The van der Waals surface area contributed by atoms with E-state index in [-0.39, 0.29) is 11.8 Å². The summed E-state index contributed by atoms with van der Waals surface area (Å²) >= 11 is 1.57. The van der Waals surface area contributed by atoms with Gasteiger partial charge in [-0.05, 0) is 30.4 Å². The molecule has 1 aliphatic rings. The first-order valence-corrected chi connectivity index (χ1v) is 10.8. The molecule has 152 valence electrons. The molecule has 3 aromatic heterocycles. The van der Waals surface area contributed by atoms with Gasteiger partial charge in [0, 0.05) is 25.7 Å². The van der Waals surface area contributed by atoms with Crippen molar-refractivity contribution in [1.82, 2.24) is 24.9 Å². The molecule has 1 saturated heterocycles. The minimum atomic E-state index is -0.0186. The Balaban J connectivity index is 1.34. The average Bonchev–Trinajstić information content (AvgIpc) is 3.54. The molecule has 1 aromatic carbocycles. The quantitative estimate of drug-likeness (QED) is 0.495. The van der Waals surface area contributed by atoms with Gasteiger partial charge in [0.05, 0.1) is 16.5 Å². The van der Waals surface area contributed by atoms with Crippen LogP contribution in [-0.2, 0) is 7.05 Å². The van der Waals surface area contributed by atoms with Crippen LogP contribution in [0.1, 0.15) is 35.1 Å². The van der Waals surface area contributed by atoms with Gasteiger partial charge < -0.3 is 9.32 Å². The maximum atomic E-state index is 13.2. The number of piperidine rings is 1. The van der Waals surface area contributed by atoms with Crippen LogP contribution in [0.5, 0.6) is 0 Å². The van der Waals surface area contributed by atoms with Crippen molar-refractivity contribution in [2.75, 3.05) is 13.1 Å². The molecule has 5 rings (SSSR count). The zero-order valence-corrected chi connectivity index (χ0v) is 17.4. The Labute approximate surface area is 178 Å². The number of hydrogen-bond acceptors (Lipinski definition) is 6. The number of carbonyl (C=O) groups excluding carboxylic acids is 1. The second-order valence-electron chi connectivity index (χ2n) is 7.42. The summed E-state index contributed by atoms with van der Waals surface area (Å²) in [7, 11) is 1.81. The lowest BCUT2D eigenvalue weighted by molar-refractivity contribution is 0.0687. The second-order valence-corrected chi connectivity index (χ2v) is 8.37. The van der Waals surface area contributed by atoms with Crippen molar-refractivity contribution >= 4 is 17.2 Å². The van der Waals surface area contributed by atoms with Crippen LogP contribution < -0.4 is 0 Å². The molecule has 0 N–H and O–H groups in total. The van der Waals surface area contributed by atoms with Crippen LogP contribution in [-0.4, -0.2) is 43.9 Å². The maximum absolute atomic E-state index is 13.2. The number of benzene rings is 1. The molecule has 7 nitrogen and oxygen atoms in total.